The highest BCUT2D eigenvalue weighted by molar-refractivity contribution is 9.10. The van der Waals surface area contributed by atoms with Crippen LogP contribution in [0.1, 0.15) is 42.4 Å². The van der Waals surface area contributed by atoms with E-state index in [4.69, 9.17) is 4.84 Å². The monoisotopic (exact) mass is 470 g/mol. The van der Waals surface area contributed by atoms with Crippen LogP contribution in [0.3, 0.4) is 0 Å². The summed E-state index contributed by atoms with van der Waals surface area (Å²) in [4.78, 5) is 36.8. The third-order valence-corrected chi connectivity index (χ3v) is 5.43. The van der Waals surface area contributed by atoms with Gasteiger partial charge >= 0.3 is 0 Å². The quantitative estimate of drug-likeness (QED) is 0.695. The molecule has 0 spiro atoms. The molecule has 0 saturated carbocycles. The Kier molecular flexibility index (Phi) is 5.92. The Balaban J connectivity index is 2.01. The Bertz CT molecular complexity index is 1000. The fraction of sp³-hybridized carbons (Fsp3) is 0.421. The van der Waals surface area contributed by atoms with Gasteiger partial charge in [-0.25, -0.2) is 13.8 Å². The molecule has 2 heterocycles. The summed E-state index contributed by atoms with van der Waals surface area (Å²) in [6, 6.07) is 1.60. The van der Waals surface area contributed by atoms with Crippen LogP contribution in [-0.2, 0) is 13.0 Å². The third kappa shape index (κ3) is 3.98. The normalized spacial score (nSPS) is 16.0. The number of benzene rings is 1. The molecule has 7 nitrogen and oxygen atoms in total. The standard InChI is InChI=1S/C19H21BrF2N4O3/c1-9(2)23-19-24-15-8-25(10(3)5-12(15)18(28)26(19)29-4)17(27)11-6-13(21)16(20)14(22)7-11/h6-7,9-10H,5,8H2,1-4H3,(H,23,24)/t10-/m1/s1. The van der Waals surface area contributed by atoms with E-state index in [-0.39, 0.29) is 46.6 Å². The second-order valence-corrected chi connectivity index (χ2v) is 7.97. The summed E-state index contributed by atoms with van der Waals surface area (Å²) in [6.07, 6.45) is 0.250. The van der Waals surface area contributed by atoms with Crippen molar-refractivity contribution in [1.82, 2.24) is 14.6 Å². The van der Waals surface area contributed by atoms with Crippen LogP contribution in [0.5, 0.6) is 0 Å². The number of nitrogens with zero attached hydrogens (tertiary/aromatic N) is 3. The van der Waals surface area contributed by atoms with E-state index in [0.29, 0.717) is 11.3 Å². The van der Waals surface area contributed by atoms with Crippen molar-refractivity contribution in [3.63, 3.8) is 0 Å². The van der Waals surface area contributed by atoms with E-state index in [9.17, 15) is 18.4 Å². The summed E-state index contributed by atoms with van der Waals surface area (Å²) in [5.41, 5.74) is 0.423. The van der Waals surface area contributed by atoms with Crippen molar-refractivity contribution in [2.24, 2.45) is 0 Å². The molecule has 0 radical (unpaired) electrons. The molecule has 1 aliphatic heterocycles. The molecule has 1 N–H and O–H groups in total. The zero-order valence-electron chi connectivity index (χ0n) is 16.4. The first-order chi connectivity index (χ1) is 13.6. The number of fused-ring (bicyclic) bond motifs is 1. The van der Waals surface area contributed by atoms with Gasteiger partial charge in [0.05, 0.1) is 16.7 Å². The predicted molar refractivity (Wildman–Crippen MR) is 107 cm³/mol. The average molecular weight is 471 g/mol. The molecule has 1 amide bonds. The molecule has 1 aromatic heterocycles. The zero-order valence-corrected chi connectivity index (χ0v) is 18.0. The van der Waals surface area contributed by atoms with E-state index in [2.05, 4.69) is 26.2 Å². The molecular weight excluding hydrogens is 450 g/mol. The van der Waals surface area contributed by atoms with Gasteiger partial charge in [0.15, 0.2) is 0 Å². The molecule has 2 aromatic rings. The number of aromatic nitrogens is 2. The Morgan fingerprint density at radius 2 is 1.97 bits per heavy atom. The SMILES string of the molecule is COn1c(NC(C)C)nc2c(c1=O)C[C@@H](C)N(C(=O)c1cc(F)c(Br)c(F)c1)C2. The van der Waals surface area contributed by atoms with Crippen LogP contribution in [0.4, 0.5) is 14.7 Å². The number of hydrogen-bond donors (Lipinski definition) is 1. The summed E-state index contributed by atoms with van der Waals surface area (Å²) in [5, 5.41) is 3.04. The van der Waals surface area contributed by atoms with Crippen molar-refractivity contribution in [2.75, 3.05) is 12.4 Å². The van der Waals surface area contributed by atoms with Crippen LogP contribution in [0.15, 0.2) is 21.4 Å². The van der Waals surface area contributed by atoms with Crippen LogP contribution in [0, 0.1) is 11.6 Å². The number of carbonyl (C=O) groups is 1. The topological polar surface area (TPSA) is 76.5 Å². The average Bonchev–Trinajstić information content (AvgIpc) is 2.65. The van der Waals surface area contributed by atoms with Crippen molar-refractivity contribution >= 4 is 27.8 Å². The highest BCUT2D eigenvalue weighted by atomic mass is 79.9. The minimum atomic E-state index is -0.858. The van der Waals surface area contributed by atoms with Crippen molar-refractivity contribution in [2.45, 2.75) is 45.8 Å². The van der Waals surface area contributed by atoms with Crippen LogP contribution >= 0.6 is 15.9 Å². The van der Waals surface area contributed by atoms with E-state index < -0.39 is 17.5 Å². The predicted octanol–water partition coefficient (Wildman–Crippen LogP) is 2.75. The molecule has 0 bridgehead atoms. The number of carbonyl (C=O) groups excluding carboxylic acids is 1. The van der Waals surface area contributed by atoms with Crippen molar-refractivity contribution in [3.8, 4) is 0 Å². The Hall–Kier alpha value is -2.49. The van der Waals surface area contributed by atoms with Crippen LogP contribution < -0.4 is 15.7 Å². The first-order valence-electron chi connectivity index (χ1n) is 9.05. The van der Waals surface area contributed by atoms with E-state index in [0.717, 1.165) is 16.9 Å². The van der Waals surface area contributed by atoms with E-state index >= 15 is 0 Å². The fourth-order valence-electron chi connectivity index (χ4n) is 3.28. The maximum absolute atomic E-state index is 13.9. The molecule has 0 fully saturated rings. The van der Waals surface area contributed by atoms with Crippen molar-refractivity contribution in [3.05, 3.63) is 55.4 Å². The first-order valence-corrected chi connectivity index (χ1v) is 9.84. The lowest BCUT2D eigenvalue weighted by Gasteiger charge is -2.34. The van der Waals surface area contributed by atoms with E-state index in [1.54, 1.807) is 6.92 Å². The molecule has 10 heteroatoms. The number of anilines is 1. The molecular formula is C19H21BrF2N4O3. The summed E-state index contributed by atoms with van der Waals surface area (Å²) in [7, 11) is 1.37. The maximum Gasteiger partial charge on any atom is 0.291 e. The van der Waals surface area contributed by atoms with Gasteiger partial charge in [-0.3, -0.25) is 9.59 Å². The zero-order chi connectivity index (χ0) is 21.5. The lowest BCUT2D eigenvalue weighted by Crippen LogP contribution is -2.46. The summed E-state index contributed by atoms with van der Waals surface area (Å²) >= 11 is 2.80. The minimum Gasteiger partial charge on any atom is -0.411 e. The van der Waals surface area contributed by atoms with Gasteiger partial charge in [0.1, 0.15) is 18.7 Å². The summed E-state index contributed by atoms with van der Waals surface area (Å²) in [5.74, 6) is -2.02. The van der Waals surface area contributed by atoms with Gasteiger partial charge in [-0.05, 0) is 48.8 Å². The first kappa shape index (κ1) is 21.2. The van der Waals surface area contributed by atoms with Gasteiger partial charge in [0, 0.05) is 29.6 Å². The number of amides is 1. The van der Waals surface area contributed by atoms with Gasteiger partial charge in [-0.1, -0.05) is 0 Å². The second kappa shape index (κ2) is 8.10. The van der Waals surface area contributed by atoms with Gasteiger partial charge in [0.2, 0.25) is 5.95 Å². The lowest BCUT2D eigenvalue weighted by molar-refractivity contribution is 0.0648. The molecule has 0 saturated heterocycles. The second-order valence-electron chi connectivity index (χ2n) is 7.18. The summed E-state index contributed by atoms with van der Waals surface area (Å²) < 4.78 is 28.5. The Labute approximate surface area is 174 Å². The fourth-order valence-corrected chi connectivity index (χ4v) is 3.51. The molecule has 156 valence electrons. The number of halogens is 3. The van der Waals surface area contributed by atoms with Crippen LogP contribution in [0.25, 0.3) is 0 Å². The molecule has 0 aliphatic carbocycles. The maximum atomic E-state index is 13.9. The van der Waals surface area contributed by atoms with Gasteiger partial charge in [-0.2, -0.15) is 0 Å². The highest BCUT2D eigenvalue weighted by Crippen LogP contribution is 2.26. The van der Waals surface area contributed by atoms with Gasteiger partial charge in [0.25, 0.3) is 11.5 Å². The van der Waals surface area contributed by atoms with E-state index in [1.165, 1.54) is 12.0 Å². The highest BCUT2D eigenvalue weighted by Gasteiger charge is 2.32. The van der Waals surface area contributed by atoms with Gasteiger partial charge < -0.3 is 15.1 Å². The van der Waals surface area contributed by atoms with Crippen LogP contribution in [0.2, 0.25) is 0 Å². The number of hydrogen-bond acceptors (Lipinski definition) is 5. The third-order valence-electron chi connectivity index (χ3n) is 4.67. The number of rotatable bonds is 4. The molecule has 3 rings (SSSR count). The molecule has 1 aliphatic rings. The minimum absolute atomic E-state index is 0.00434. The smallest absolute Gasteiger partial charge is 0.291 e. The lowest BCUT2D eigenvalue weighted by atomic mass is 9.98. The number of nitrogens with one attached hydrogen (secondary N) is 1. The van der Waals surface area contributed by atoms with Crippen molar-refractivity contribution < 1.29 is 18.4 Å². The van der Waals surface area contributed by atoms with Gasteiger partial charge in [-0.15, -0.1) is 4.73 Å². The van der Waals surface area contributed by atoms with Crippen molar-refractivity contribution in [1.29, 1.82) is 0 Å². The molecule has 0 unspecified atom stereocenters. The molecule has 1 aromatic carbocycles. The summed E-state index contributed by atoms with van der Waals surface area (Å²) in [6.45, 7) is 5.59. The Morgan fingerprint density at radius 1 is 1.34 bits per heavy atom. The molecule has 1 atom stereocenters. The largest absolute Gasteiger partial charge is 0.411 e. The van der Waals surface area contributed by atoms with E-state index in [1.807, 2.05) is 13.8 Å². The molecule has 29 heavy (non-hydrogen) atoms. The Morgan fingerprint density at radius 3 is 2.52 bits per heavy atom. The van der Waals surface area contributed by atoms with Crippen LogP contribution in [-0.4, -0.2) is 39.7 Å².